The molecule has 0 unspecified atom stereocenters. The van der Waals surface area contributed by atoms with Gasteiger partial charge in [0.05, 0.1) is 12.3 Å². The first-order valence-electron chi connectivity index (χ1n) is 10.2. The molecule has 2 fully saturated rings. The second-order valence-corrected chi connectivity index (χ2v) is 8.15. The molecule has 0 bridgehead atoms. The number of ether oxygens (including phenoxy) is 1. The highest BCUT2D eigenvalue weighted by atomic mass is 35.5. The van der Waals surface area contributed by atoms with E-state index in [0.29, 0.717) is 23.3 Å². The predicted octanol–water partition coefficient (Wildman–Crippen LogP) is 4.70. The maximum Gasteiger partial charge on any atom is 0.229 e. The van der Waals surface area contributed by atoms with E-state index < -0.39 is 0 Å². The minimum Gasteiger partial charge on any atom is -0.376 e. The van der Waals surface area contributed by atoms with Crippen LogP contribution in [0.4, 0.5) is 23.1 Å². The Bertz CT molecular complexity index is 771. The molecule has 2 aliphatic rings. The predicted molar refractivity (Wildman–Crippen MR) is 115 cm³/mol. The van der Waals surface area contributed by atoms with Gasteiger partial charge < -0.3 is 20.3 Å². The molecule has 2 aliphatic heterocycles. The molecule has 2 aromatic rings. The highest BCUT2D eigenvalue weighted by Crippen LogP contribution is 2.26. The molecule has 1 aromatic heterocycles. The van der Waals surface area contributed by atoms with Gasteiger partial charge in [-0.1, -0.05) is 18.5 Å². The van der Waals surface area contributed by atoms with E-state index in [-0.39, 0.29) is 6.10 Å². The van der Waals surface area contributed by atoms with Crippen molar-refractivity contribution in [3.63, 3.8) is 0 Å². The fourth-order valence-corrected chi connectivity index (χ4v) is 3.88. The van der Waals surface area contributed by atoms with Crippen molar-refractivity contribution in [2.75, 3.05) is 41.8 Å². The lowest BCUT2D eigenvalue weighted by molar-refractivity contribution is 0.120. The van der Waals surface area contributed by atoms with E-state index in [2.05, 4.69) is 56.7 Å². The zero-order valence-electron chi connectivity index (χ0n) is 16.3. The molecule has 2 saturated heterocycles. The van der Waals surface area contributed by atoms with Crippen LogP contribution in [-0.4, -0.2) is 42.3 Å². The second-order valence-electron chi connectivity index (χ2n) is 7.75. The van der Waals surface area contributed by atoms with Gasteiger partial charge in [0, 0.05) is 37.6 Å². The number of nitrogens with one attached hydrogen (secondary N) is 2. The fraction of sp³-hybridized carbons (Fsp3) is 0.524. The van der Waals surface area contributed by atoms with Gasteiger partial charge in [-0.2, -0.15) is 4.98 Å². The van der Waals surface area contributed by atoms with Gasteiger partial charge in [-0.25, -0.2) is 4.98 Å². The molecule has 0 saturated carbocycles. The molecule has 0 radical (unpaired) electrons. The van der Waals surface area contributed by atoms with Crippen molar-refractivity contribution in [3.05, 3.63) is 35.5 Å². The van der Waals surface area contributed by atoms with E-state index in [9.17, 15) is 0 Å². The Morgan fingerprint density at radius 1 is 1.18 bits per heavy atom. The molecule has 0 spiro atoms. The molecule has 6 nitrogen and oxygen atoms in total. The summed E-state index contributed by atoms with van der Waals surface area (Å²) in [5, 5.41) is 7.06. The average Bonchev–Trinajstić information content (AvgIpc) is 3.23. The maximum atomic E-state index is 6.24. The number of benzene rings is 1. The molecule has 3 heterocycles. The molecular formula is C21H28ClN5O. The van der Waals surface area contributed by atoms with Gasteiger partial charge in [-0.3, -0.25) is 0 Å². The Kier molecular flexibility index (Phi) is 6.17. The number of hydrogen-bond acceptors (Lipinski definition) is 6. The van der Waals surface area contributed by atoms with E-state index in [1.54, 1.807) is 6.20 Å². The van der Waals surface area contributed by atoms with E-state index in [1.807, 2.05) is 0 Å². The van der Waals surface area contributed by atoms with Gasteiger partial charge in [0.2, 0.25) is 5.95 Å². The number of halogens is 1. The van der Waals surface area contributed by atoms with Gasteiger partial charge in [0.25, 0.3) is 0 Å². The minimum atomic E-state index is 0.229. The van der Waals surface area contributed by atoms with Crippen molar-refractivity contribution >= 4 is 34.7 Å². The standard InChI is InChI=1S/C21H28ClN5O/c1-15-8-10-27(11-9-15)17-6-4-16(5-7-17)25-21-24-14-19(22)20(26-21)23-13-18-3-2-12-28-18/h4-7,14-15,18H,2-3,8-13H2,1H3,(H2,23,24,25,26)/t18-/m1/s1. The van der Waals surface area contributed by atoms with Gasteiger partial charge in [0.15, 0.2) is 5.82 Å². The Hall–Kier alpha value is -2.05. The number of nitrogens with zero attached hydrogens (tertiary/aromatic N) is 3. The van der Waals surface area contributed by atoms with E-state index in [4.69, 9.17) is 16.3 Å². The summed E-state index contributed by atoms with van der Waals surface area (Å²) in [5.41, 5.74) is 2.23. The third-order valence-corrected chi connectivity index (χ3v) is 5.81. The molecule has 7 heteroatoms. The van der Waals surface area contributed by atoms with Crippen molar-refractivity contribution in [1.29, 1.82) is 0 Å². The third-order valence-electron chi connectivity index (χ3n) is 5.54. The number of rotatable bonds is 6. The second kappa shape index (κ2) is 8.97. The van der Waals surface area contributed by atoms with Crippen LogP contribution in [0, 0.1) is 5.92 Å². The summed E-state index contributed by atoms with van der Waals surface area (Å²) in [4.78, 5) is 11.3. The molecule has 0 aliphatic carbocycles. The summed E-state index contributed by atoms with van der Waals surface area (Å²) < 4.78 is 5.64. The molecule has 28 heavy (non-hydrogen) atoms. The first-order chi connectivity index (χ1) is 13.7. The fourth-order valence-electron chi connectivity index (χ4n) is 3.72. The van der Waals surface area contributed by atoms with Crippen LogP contribution >= 0.6 is 11.6 Å². The van der Waals surface area contributed by atoms with Crippen molar-refractivity contribution in [2.45, 2.75) is 38.7 Å². The Labute approximate surface area is 171 Å². The molecule has 1 aromatic carbocycles. The largest absolute Gasteiger partial charge is 0.376 e. The number of hydrogen-bond donors (Lipinski definition) is 2. The van der Waals surface area contributed by atoms with Crippen LogP contribution in [0.1, 0.15) is 32.6 Å². The van der Waals surface area contributed by atoms with Crippen LogP contribution in [0.3, 0.4) is 0 Å². The van der Waals surface area contributed by atoms with Crippen LogP contribution in [0.2, 0.25) is 5.02 Å². The summed E-state index contributed by atoms with van der Waals surface area (Å²) in [6, 6.07) is 8.46. The summed E-state index contributed by atoms with van der Waals surface area (Å²) in [5.74, 6) is 2.00. The summed E-state index contributed by atoms with van der Waals surface area (Å²) in [6.45, 7) is 6.14. The van der Waals surface area contributed by atoms with Gasteiger partial charge in [-0.15, -0.1) is 0 Å². The Morgan fingerprint density at radius 2 is 1.96 bits per heavy atom. The van der Waals surface area contributed by atoms with Gasteiger partial charge in [0.1, 0.15) is 5.02 Å². The van der Waals surface area contributed by atoms with E-state index in [0.717, 1.165) is 44.1 Å². The molecule has 0 amide bonds. The normalized spacial score (nSPS) is 20.4. The molecular weight excluding hydrogens is 374 g/mol. The van der Waals surface area contributed by atoms with Gasteiger partial charge >= 0.3 is 0 Å². The molecule has 150 valence electrons. The molecule has 4 rings (SSSR count). The first kappa shape index (κ1) is 19.3. The van der Waals surface area contributed by atoms with Crippen LogP contribution in [-0.2, 0) is 4.74 Å². The molecule has 1 atom stereocenters. The van der Waals surface area contributed by atoms with Crippen LogP contribution in [0.5, 0.6) is 0 Å². The van der Waals surface area contributed by atoms with Crippen molar-refractivity contribution in [2.24, 2.45) is 5.92 Å². The van der Waals surface area contributed by atoms with Crippen molar-refractivity contribution in [3.8, 4) is 0 Å². The van der Waals surface area contributed by atoms with Crippen LogP contribution < -0.4 is 15.5 Å². The number of aromatic nitrogens is 2. The van der Waals surface area contributed by atoms with Crippen molar-refractivity contribution in [1.82, 2.24) is 9.97 Å². The average molecular weight is 402 g/mol. The Morgan fingerprint density at radius 3 is 2.68 bits per heavy atom. The summed E-state index contributed by atoms with van der Waals surface area (Å²) in [7, 11) is 0. The number of piperidine rings is 1. The summed E-state index contributed by atoms with van der Waals surface area (Å²) in [6.07, 6.45) is 6.57. The van der Waals surface area contributed by atoms with Crippen LogP contribution in [0.15, 0.2) is 30.5 Å². The van der Waals surface area contributed by atoms with Crippen LogP contribution in [0.25, 0.3) is 0 Å². The highest BCUT2D eigenvalue weighted by Gasteiger charge is 2.17. The van der Waals surface area contributed by atoms with Crippen molar-refractivity contribution < 1.29 is 4.74 Å². The number of anilines is 4. The van der Waals surface area contributed by atoms with Gasteiger partial charge in [-0.05, 0) is 55.9 Å². The lowest BCUT2D eigenvalue weighted by Crippen LogP contribution is -2.32. The zero-order valence-corrected chi connectivity index (χ0v) is 17.1. The monoisotopic (exact) mass is 401 g/mol. The SMILES string of the molecule is CC1CCN(c2ccc(Nc3ncc(Cl)c(NC[C@H]4CCCO4)n3)cc2)CC1. The lowest BCUT2D eigenvalue weighted by atomic mass is 9.99. The third kappa shape index (κ3) is 4.86. The zero-order chi connectivity index (χ0) is 19.3. The molecule has 2 N–H and O–H groups in total. The first-order valence-corrected chi connectivity index (χ1v) is 10.6. The van der Waals surface area contributed by atoms with E-state index in [1.165, 1.54) is 18.5 Å². The smallest absolute Gasteiger partial charge is 0.229 e. The maximum absolute atomic E-state index is 6.24. The minimum absolute atomic E-state index is 0.229. The highest BCUT2D eigenvalue weighted by molar-refractivity contribution is 6.32. The van der Waals surface area contributed by atoms with E-state index >= 15 is 0 Å². The topological polar surface area (TPSA) is 62.3 Å². The Balaban J connectivity index is 1.37. The summed E-state index contributed by atoms with van der Waals surface area (Å²) >= 11 is 6.24. The quantitative estimate of drug-likeness (QED) is 0.731. The lowest BCUT2D eigenvalue weighted by Gasteiger charge is -2.32.